The van der Waals surface area contributed by atoms with Crippen molar-refractivity contribution in [2.24, 2.45) is 5.73 Å². The number of nitrogens with zero attached hydrogens (tertiary/aromatic N) is 1. The number of pyridine rings is 1. The van der Waals surface area contributed by atoms with E-state index < -0.39 is 0 Å². The normalized spacial score (nSPS) is 23.2. The van der Waals surface area contributed by atoms with Gasteiger partial charge in [-0.25, -0.2) is 0 Å². The topological polar surface area (TPSA) is 48.1 Å². The molecule has 0 saturated carbocycles. The highest BCUT2D eigenvalue weighted by Crippen LogP contribution is 2.29. The molecule has 0 radical (unpaired) electrons. The third kappa shape index (κ3) is 2.15. The second-order valence-corrected chi connectivity index (χ2v) is 4.59. The van der Waals surface area contributed by atoms with Gasteiger partial charge in [-0.1, -0.05) is 36.4 Å². The van der Waals surface area contributed by atoms with E-state index in [4.69, 9.17) is 10.5 Å². The molecule has 18 heavy (non-hydrogen) atoms. The summed E-state index contributed by atoms with van der Waals surface area (Å²) in [4.78, 5) is 4.38. The van der Waals surface area contributed by atoms with E-state index in [0.717, 1.165) is 12.1 Å². The zero-order valence-corrected chi connectivity index (χ0v) is 10.1. The Balaban J connectivity index is 1.94. The summed E-state index contributed by atoms with van der Waals surface area (Å²) >= 11 is 0. The molecule has 0 amide bonds. The van der Waals surface area contributed by atoms with Gasteiger partial charge in [-0.05, 0) is 17.2 Å². The number of fused-ring (bicyclic) bond motifs is 1. The smallest absolute Gasteiger partial charge is 0.0866 e. The third-order valence-electron chi connectivity index (χ3n) is 3.33. The van der Waals surface area contributed by atoms with Gasteiger partial charge in [0.15, 0.2) is 0 Å². The highest BCUT2D eigenvalue weighted by atomic mass is 16.5. The SMILES string of the molecule is N[C@H]1CO[C@H](c2ccccc2)Cc2cccnc21. The number of rotatable bonds is 1. The van der Waals surface area contributed by atoms with Crippen LogP contribution in [0.1, 0.15) is 29.0 Å². The lowest BCUT2D eigenvalue weighted by Crippen LogP contribution is -2.17. The highest BCUT2D eigenvalue weighted by molar-refractivity contribution is 5.28. The van der Waals surface area contributed by atoms with Gasteiger partial charge in [0.2, 0.25) is 0 Å². The summed E-state index contributed by atoms with van der Waals surface area (Å²) in [5, 5.41) is 0. The summed E-state index contributed by atoms with van der Waals surface area (Å²) in [5.41, 5.74) is 9.45. The first-order chi connectivity index (χ1) is 8.84. The molecule has 1 aliphatic heterocycles. The van der Waals surface area contributed by atoms with Crippen LogP contribution in [0.2, 0.25) is 0 Å². The Morgan fingerprint density at radius 3 is 2.78 bits per heavy atom. The van der Waals surface area contributed by atoms with Crippen molar-refractivity contribution < 1.29 is 4.74 Å². The molecule has 0 bridgehead atoms. The minimum atomic E-state index is -0.130. The lowest BCUT2D eigenvalue weighted by molar-refractivity contribution is 0.0497. The zero-order chi connectivity index (χ0) is 12.4. The molecule has 0 spiro atoms. The van der Waals surface area contributed by atoms with Crippen molar-refractivity contribution in [1.29, 1.82) is 0 Å². The number of ether oxygens (including phenoxy) is 1. The molecule has 2 atom stereocenters. The molecule has 2 heterocycles. The monoisotopic (exact) mass is 240 g/mol. The predicted octanol–water partition coefficient (Wildman–Crippen LogP) is 2.40. The maximum absolute atomic E-state index is 6.10. The average Bonchev–Trinajstić information content (AvgIpc) is 2.60. The summed E-state index contributed by atoms with van der Waals surface area (Å²) in [6.45, 7) is 0.517. The predicted molar refractivity (Wildman–Crippen MR) is 70.0 cm³/mol. The number of hydrogen-bond acceptors (Lipinski definition) is 3. The molecule has 2 N–H and O–H groups in total. The molecular weight excluding hydrogens is 224 g/mol. The Hall–Kier alpha value is -1.71. The first-order valence-corrected chi connectivity index (χ1v) is 6.20. The van der Waals surface area contributed by atoms with E-state index in [-0.39, 0.29) is 12.1 Å². The lowest BCUT2D eigenvalue weighted by atomic mass is 10.00. The van der Waals surface area contributed by atoms with E-state index >= 15 is 0 Å². The van der Waals surface area contributed by atoms with Crippen LogP contribution in [0.4, 0.5) is 0 Å². The molecule has 92 valence electrons. The Bertz CT molecular complexity index is 527. The Labute approximate surface area is 107 Å². The van der Waals surface area contributed by atoms with E-state index in [2.05, 4.69) is 23.2 Å². The zero-order valence-electron chi connectivity index (χ0n) is 10.1. The molecule has 1 aromatic heterocycles. The Kier molecular flexibility index (Phi) is 3.09. The minimum absolute atomic E-state index is 0.0719. The van der Waals surface area contributed by atoms with Crippen molar-refractivity contribution in [3.8, 4) is 0 Å². The third-order valence-corrected chi connectivity index (χ3v) is 3.33. The van der Waals surface area contributed by atoms with Gasteiger partial charge in [-0.3, -0.25) is 4.98 Å². The fourth-order valence-electron chi connectivity index (χ4n) is 2.40. The van der Waals surface area contributed by atoms with Crippen molar-refractivity contribution in [1.82, 2.24) is 4.98 Å². The summed E-state index contributed by atoms with van der Waals surface area (Å²) in [7, 11) is 0. The van der Waals surface area contributed by atoms with Gasteiger partial charge in [0, 0.05) is 12.6 Å². The van der Waals surface area contributed by atoms with Gasteiger partial charge in [0.25, 0.3) is 0 Å². The van der Waals surface area contributed by atoms with Gasteiger partial charge >= 0.3 is 0 Å². The molecule has 0 fully saturated rings. The van der Waals surface area contributed by atoms with Crippen molar-refractivity contribution >= 4 is 0 Å². The Morgan fingerprint density at radius 2 is 1.94 bits per heavy atom. The van der Waals surface area contributed by atoms with E-state index in [0.29, 0.717) is 6.61 Å². The molecule has 3 rings (SSSR count). The average molecular weight is 240 g/mol. The number of benzene rings is 1. The molecule has 1 aliphatic rings. The van der Waals surface area contributed by atoms with E-state index in [1.807, 2.05) is 24.3 Å². The first kappa shape index (κ1) is 11.4. The van der Waals surface area contributed by atoms with Gasteiger partial charge in [0.1, 0.15) is 0 Å². The second-order valence-electron chi connectivity index (χ2n) is 4.59. The maximum atomic E-state index is 6.10. The van der Waals surface area contributed by atoms with Crippen LogP contribution < -0.4 is 5.73 Å². The molecular formula is C15H16N2O. The van der Waals surface area contributed by atoms with Crippen LogP contribution in [0.5, 0.6) is 0 Å². The van der Waals surface area contributed by atoms with Gasteiger partial charge < -0.3 is 10.5 Å². The van der Waals surface area contributed by atoms with Crippen LogP contribution in [-0.4, -0.2) is 11.6 Å². The number of hydrogen-bond donors (Lipinski definition) is 1. The van der Waals surface area contributed by atoms with E-state index in [1.54, 1.807) is 6.20 Å². The van der Waals surface area contributed by atoms with Crippen LogP contribution in [0.3, 0.4) is 0 Å². The van der Waals surface area contributed by atoms with Gasteiger partial charge in [-0.15, -0.1) is 0 Å². The first-order valence-electron chi connectivity index (χ1n) is 6.20. The lowest BCUT2D eigenvalue weighted by Gasteiger charge is -2.15. The quantitative estimate of drug-likeness (QED) is 0.832. The van der Waals surface area contributed by atoms with Crippen molar-refractivity contribution in [3.63, 3.8) is 0 Å². The van der Waals surface area contributed by atoms with E-state index in [1.165, 1.54) is 11.1 Å². The van der Waals surface area contributed by atoms with Crippen LogP contribution in [0, 0.1) is 0 Å². The van der Waals surface area contributed by atoms with Gasteiger partial charge in [-0.2, -0.15) is 0 Å². The summed E-state index contributed by atoms with van der Waals surface area (Å²) in [6, 6.07) is 14.2. The highest BCUT2D eigenvalue weighted by Gasteiger charge is 2.23. The molecule has 0 aliphatic carbocycles. The van der Waals surface area contributed by atoms with Crippen LogP contribution in [-0.2, 0) is 11.2 Å². The van der Waals surface area contributed by atoms with Gasteiger partial charge in [0.05, 0.1) is 24.4 Å². The molecule has 2 aromatic rings. The Morgan fingerprint density at radius 1 is 1.11 bits per heavy atom. The maximum Gasteiger partial charge on any atom is 0.0866 e. The van der Waals surface area contributed by atoms with Crippen molar-refractivity contribution in [2.75, 3.05) is 6.61 Å². The van der Waals surface area contributed by atoms with Crippen molar-refractivity contribution in [3.05, 3.63) is 65.5 Å². The molecule has 3 nitrogen and oxygen atoms in total. The number of aromatic nitrogens is 1. The minimum Gasteiger partial charge on any atom is -0.371 e. The van der Waals surface area contributed by atoms with Crippen LogP contribution >= 0.6 is 0 Å². The summed E-state index contributed by atoms with van der Waals surface area (Å²) < 4.78 is 5.92. The van der Waals surface area contributed by atoms with E-state index in [9.17, 15) is 0 Å². The fourth-order valence-corrected chi connectivity index (χ4v) is 2.40. The van der Waals surface area contributed by atoms with Crippen LogP contribution in [0.15, 0.2) is 48.7 Å². The second kappa shape index (κ2) is 4.88. The number of nitrogens with two attached hydrogens (primary N) is 1. The standard InChI is InChI=1S/C15H16N2O/c16-13-10-18-14(11-5-2-1-3-6-11)9-12-7-4-8-17-15(12)13/h1-8,13-14H,9-10,16H2/t13-,14-/m0/s1. The summed E-state index contributed by atoms with van der Waals surface area (Å²) in [5.74, 6) is 0. The van der Waals surface area contributed by atoms with Crippen LogP contribution in [0.25, 0.3) is 0 Å². The molecule has 0 unspecified atom stereocenters. The molecule has 1 aromatic carbocycles. The summed E-state index contributed by atoms with van der Waals surface area (Å²) in [6.07, 6.45) is 2.70. The fraction of sp³-hybridized carbons (Fsp3) is 0.267. The molecule has 0 saturated heterocycles. The molecule has 3 heteroatoms. The largest absolute Gasteiger partial charge is 0.371 e. The van der Waals surface area contributed by atoms with Crippen molar-refractivity contribution in [2.45, 2.75) is 18.6 Å².